The third kappa shape index (κ3) is 2.25. The van der Waals surface area contributed by atoms with Crippen LogP contribution in [-0.4, -0.2) is 9.97 Å². The highest BCUT2D eigenvalue weighted by atomic mass is 14.9. The molecule has 0 saturated carbocycles. The first-order valence-electron chi connectivity index (χ1n) is 9.17. The average molecular weight is 350 g/mol. The fraction of sp³-hybridized carbons (Fsp3) is 0.125. The van der Waals surface area contributed by atoms with Gasteiger partial charge in [-0.15, -0.1) is 0 Å². The minimum atomic E-state index is 1.01. The average Bonchev–Trinajstić information content (AvgIpc) is 2.69. The van der Waals surface area contributed by atoms with Crippen LogP contribution < -0.4 is 4.57 Å². The molecule has 0 aliphatic rings. The smallest absolute Gasteiger partial charge is 0.224 e. The predicted molar refractivity (Wildman–Crippen MR) is 111 cm³/mol. The molecule has 2 aromatic heterocycles. The summed E-state index contributed by atoms with van der Waals surface area (Å²) >= 11 is 0. The molecule has 0 saturated heterocycles. The number of rotatable bonds is 1. The van der Waals surface area contributed by atoms with Crippen LogP contribution in [0.15, 0.2) is 67.1 Å². The molecule has 0 bridgehead atoms. The predicted octanol–water partition coefficient (Wildman–Crippen LogP) is 5.04. The summed E-state index contributed by atoms with van der Waals surface area (Å²) < 4.78 is 2.18. The molecule has 0 fully saturated rings. The van der Waals surface area contributed by atoms with Crippen LogP contribution in [0.1, 0.15) is 11.3 Å². The highest BCUT2D eigenvalue weighted by Gasteiger charge is 2.21. The molecule has 0 atom stereocenters. The maximum Gasteiger partial charge on any atom is 0.224 e. The zero-order valence-corrected chi connectivity index (χ0v) is 15.7. The zero-order valence-electron chi connectivity index (χ0n) is 15.7. The van der Waals surface area contributed by atoms with Gasteiger partial charge in [0.15, 0.2) is 6.20 Å². The Bertz CT molecular complexity index is 1340. The number of hydrogen-bond acceptors (Lipinski definition) is 2. The standard InChI is InChI=1S/C24H20N3/c1-15-11-12-18(17-8-5-4-6-9-17)22-20(15)19-10-7-13-27(3)24(19)21-16(2)25-14-26-23(21)22/h4-14H,1-3H3/q+1. The van der Waals surface area contributed by atoms with Gasteiger partial charge in [0.25, 0.3) is 0 Å². The van der Waals surface area contributed by atoms with Crippen molar-refractivity contribution in [3.8, 4) is 11.1 Å². The van der Waals surface area contributed by atoms with E-state index in [4.69, 9.17) is 4.98 Å². The summed E-state index contributed by atoms with van der Waals surface area (Å²) in [5.41, 5.74) is 6.90. The van der Waals surface area contributed by atoms with Crippen LogP contribution in [0, 0.1) is 13.8 Å². The number of fused-ring (bicyclic) bond motifs is 6. The third-order valence-corrected chi connectivity index (χ3v) is 5.46. The second-order valence-corrected chi connectivity index (χ2v) is 7.11. The normalized spacial score (nSPS) is 11.5. The van der Waals surface area contributed by atoms with Crippen molar-refractivity contribution in [2.75, 3.05) is 0 Å². The van der Waals surface area contributed by atoms with E-state index in [-0.39, 0.29) is 0 Å². The largest absolute Gasteiger partial charge is 0.241 e. The van der Waals surface area contributed by atoms with Crippen LogP contribution in [-0.2, 0) is 7.05 Å². The fourth-order valence-corrected chi connectivity index (χ4v) is 4.23. The first-order valence-corrected chi connectivity index (χ1v) is 9.17. The number of aryl methyl sites for hydroxylation is 3. The topological polar surface area (TPSA) is 29.7 Å². The van der Waals surface area contributed by atoms with E-state index in [9.17, 15) is 0 Å². The van der Waals surface area contributed by atoms with Crippen LogP contribution >= 0.6 is 0 Å². The van der Waals surface area contributed by atoms with Gasteiger partial charge in [-0.25, -0.2) is 14.5 Å². The summed E-state index contributed by atoms with van der Waals surface area (Å²) in [6, 6.07) is 19.3. The zero-order chi connectivity index (χ0) is 18.5. The Labute approximate surface area is 157 Å². The van der Waals surface area contributed by atoms with Gasteiger partial charge in [-0.2, -0.15) is 0 Å². The van der Waals surface area contributed by atoms with Crippen molar-refractivity contribution in [1.82, 2.24) is 9.97 Å². The summed E-state index contributed by atoms with van der Waals surface area (Å²) in [5.74, 6) is 0. The quantitative estimate of drug-likeness (QED) is 0.313. The summed E-state index contributed by atoms with van der Waals surface area (Å²) in [6.07, 6.45) is 3.78. The Hall–Kier alpha value is -3.33. The third-order valence-electron chi connectivity index (χ3n) is 5.46. The van der Waals surface area contributed by atoms with Gasteiger partial charge >= 0.3 is 0 Å². The van der Waals surface area contributed by atoms with Crippen LogP contribution in [0.25, 0.3) is 43.7 Å². The van der Waals surface area contributed by atoms with E-state index in [1.165, 1.54) is 38.4 Å². The molecule has 3 heteroatoms. The lowest BCUT2D eigenvalue weighted by atomic mass is 9.90. The van der Waals surface area contributed by atoms with Gasteiger partial charge in [0.2, 0.25) is 5.52 Å². The minimum Gasteiger partial charge on any atom is -0.241 e. The number of hydrogen-bond donors (Lipinski definition) is 0. The monoisotopic (exact) mass is 350 g/mol. The lowest BCUT2D eigenvalue weighted by Crippen LogP contribution is -2.28. The molecule has 0 N–H and O–H groups in total. The Morgan fingerprint density at radius 3 is 2.41 bits per heavy atom. The molecule has 0 spiro atoms. The van der Waals surface area contributed by atoms with Gasteiger partial charge in [0.1, 0.15) is 13.4 Å². The van der Waals surface area contributed by atoms with E-state index in [1.54, 1.807) is 6.33 Å². The summed E-state index contributed by atoms with van der Waals surface area (Å²) in [5, 5.41) is 4.86. The Balaban J connectivity index is 2.16. The Morgan fingerprint density at radius 2 is 1.59 bits per heavy atom. The first kappa shape index (κ1) is 15.9. The second-order valence-electron chi connectivity index (χ2n) is 7.11. The molecule has 0 radical (unpaired) electrons. The molecule has 5 aromatic rings. The van der Waals surface area contributed by atoms with Crippen LogP contribution in [0.3, 0.4) is 0 Å². The van der Waals surface area contributed by atoms with E-state index in [2.05, 4.69) is 91.2 Å². The van der Waals surface area contributed by atoms with Crippen molar-refractivity contribution >= 4 is 32.6 Å². The van der Waals surface area contributed by atoms with Crippen molar-refractivity contribution in [2.45, 2.75) is 13.8 Å². The van der Waals surface area contributed by atoms with Crippen LogP contribution in [0.5, 0.6) is 0 Å². The highest BCUT2D eigenvalue weighted by molar-refractivity contribution is 6.26. The van der Waals surface area contributed by atoms with Gasteiger partial charge in [0.05, 0.1) is 22.0 Å². The molecule has 0 amide bonds. The molecule has 2 heterocycles. The number of benzene rings is 3. The van der Waals surface area contributed by atoms with E-state index < -0.39 is 0 Å². The van der Waals surface area contributed by atoms with E-state index in [1.807, 2.05) is 0 Å². The van der Waals surface area contributed by atoms with Crippen molar-refractivity contribution < 1.29 is 4.57 Å². The summed E-state index contributed by atoms with van der Waals surface area (Å²) in [4.78, 5) is 9.27. The minimum absolute atomic E-state index is 1.01. The van der Waals surface area contributed by atoms with Crippen molar-refractivity contribution in [1.29, 1.82) is 0 Å². The summed E-state index contributed by atoms with van der Waals surface area (Å²) in [6.45, 7) is 4.25. The Morgan fingerprint density at radius 1 is 0.778 bits per heavy atom. The maximum atomic E-state index is 4.76. The molecular weight excluding hydrogens is 330 g/mol. The lowest BCUT2D eigenvalue weighted by molar-refractivity contribution is -0.644. The first-order chi connectivity index (χ1) is 13.2. The van der Waals surface area contributed by atoms with Crippen molar-refractivity contribution in [3.05, 3.63) is 78.4 Å². The van der Waals surface area contributed by atoms with E-state index in [0.29, 0.717) is 0 Å². The molecule has 0 aliphatic heterocycles. The molecule has 130 valence electrons. The molecular formula is C24H20N3+. The van der Waals surface area contributed by atoms with Gasteiger partial charge in [-0.3, -0.25) is 0 Å². The summed E-state index contributed by atoms with van der Waals surface area (Å²) in [7, 11) is 2.09. The van der Waals surface area contributed by atoms with Gasteiger partial charge < -0.3 is 0 Å². The number of aromatic nitrogens is 3. The number of pyridine rings is 1. The lowest BCUT2D eigenvalue weighted by Gasteiger charge is -2.15. The molecule has 5 rings (SSSR count). The van der Waals surface area contributed by atoms with Gasteiger partial charge in [0, 0.05) is 16.8 Å². The van der Waals surface area contributed by atoms with E-state index in [0.717, 1.165) is 16.6 Å². The van der Waals surface area contributed by atoms with Gasteiger partial charge in [-0.05, 0) is 36.6 Å². The molecule has 0 aliphatic carbocycles. The maximum absolute atomic E-state index is 4.76. The highest BCUT2D eigenvalue weighted by Crippen LogP contribution is 2.40. The number of nitrogens with zero attached hydrogens (tertiary/aromatic N) is 3. The van der Waals surface area contributed by atoms with Gasteiger partial charge in [-0.1, -0.05) is 42.5 Å². The van der Waals surface area contributed by atoms with Crippen molar-refractivity contribution in [2.24, 2.45) is 7.05 Å². The Kier molecular flexibility index (Phi) is 3.44. The molecule has 0 unspecified atom stereocenters. The fourth-order valence-electron chi connectivity index (χ4n) is 4.23. The molecule has 3 aromatic carbocycles. The van der Waals surface area contributed by atoms with Crippen LogP contribution in [0.2, 0.25) is 0 Å². The molecule has 3 nitrogen and oxygen atoms in total. The van der Waals surface area contributed by atoms with Crippen LogP contribution in [0.4, 0.5) is 0 Å². The SMILES string of the molecule is Cc1ccc(-c2ccccc2)c2c3ncnc(C)c3c3c(ccc[n+]3C)c12. The molecule has 27 heavy (non-hydrogen) atoms. The van der Waals surface area contributed by atoms with E-state index >= 15 is 0 Å². The second kappa shape index (κ2) is 5.85. The van der Waals surface area contributed by atoms with Crippen molar-refractivity contribution in [3.63, 3.8) is 0 Å².